The van der Waals surface area contributed by atoms with Crippen molar-refractivity contribution in [3.8, 4) is 0 Å². The third kappa shape index (κ3) is 2.91. The van der Waals surface area contributed by atoms with Crippen LogP contribution in [0.5, 0.6) is 0 Å². The average Bonchev–Trinajstić information content (AvgIpc) is 2.41. The summed E-state index contributed by atoms with van der Waals surface area (Å²) in [5.41, 5.74) is 6.77. The smallest absolute Gasteiger partial charge is 0.339 e. The lowest BCUT2D eigenvalue weighted by molar-refractivity contribution is 0.0600. The van der Waals surface area contributed by atoms with Crippen LogP contribution in [-0.2, 0) is 4.74 Å². The Bertz CT molecular complexity index is 428. The van der Waals surface area contributed by atoms with E-state index < -0.39 is 5.97 Å². The fraction of sp³-hybridized carbons (Fsp3) is 0.538. The van der Waals surface area contributed by atoms with Crippen LogP contribution < -0.4 is 11.1 Å². The van der Waals surface area contributed by atoms with Gasteiger partial charge in [0.15, 0.2) is 0 Å². The number of aromatic nitrogens is 1. The van der Waals surface area contributed by atoms with Crippen molar-refractivity contribution in [2.45, 2.75) is 38.1 Å². The van der Waals surface area contributed by atoms with Crippen LogP contribution in [0.25, 0.3) is 0 Å². The van der Waals surface area contributed by atoms with Crippen molar-refractivity contribution >= 4 is 17.5 Å². The Hall–Kier alpha value is -1.78. The Morgan fingerprint density at radius 3 is 2.78 bits per heavy atom. The van der Waals surface area contributed by atoms with Gasteiger partial charge in [0.25, 0.3) is 0 Å². The molecule has 0 radical (unpaired) electrons. The minimum atomic E-state index is -0.418. The summed E-state index contributed by atoms with van der Waals surface area (Å²) < 4.78 is 4.63. The van der Waals surface area contributed by atoms with Gasteiger partial charge in [0, 0.05) is 12.2 Å². The largest absolute Gasteiger partial charge is 0.465 e. The Balaban J connectivity index is 2.07. The molecule has 0 bridgehead atoms. The lowest BCUT2D eigenvalue weighted by Crippen LogP contribution is -2.23. The van der Waals surface area contributed by atoms with E-state index in [1.165, 1.54) is 32.6 Å². The molecule has 0 spiro atoms. The molecule has 1 aliphatic carbocycles. The molecule has 1 aromatic heterocycles. The predicted molar refractivity (Wildman–Crippen MR) is 70.5 cm³/mol. The zero-order chi connectivity index (χ0) is 13.0. The molecule has 1 saturated carbocycles. The predicted octanol–water partition coefficient (Wildman–Crippen LogP) is 2.20. The van der Waals surface area contributed by atoms with Gasteiger partial charge in [-0.1, -0.05) is 19.3 Å². The topological polar surface area (TPSA) is 77.2 Å². The minimum Gasteiger partial charge on any atom is -0.465 e. The van der Waals surface area contributed by atoms with E-state index >= 15 is 0 Å². The van der Waals surface area contributed by atoms with E-state index in [0.717, 1.165) is 12.8 Å². The van der Waals surface area contributed by atoms with Crippen LogP contribution in [0.15, 0.2) is 12.3 Å². The van der Waals surface area contributed by atoms with Crippen LogP contribution >= 0.6 is 0 Å². The lowest BCUT2D eigenvalue weighted by Gasteiger charge is -2.23. The van der Waals surface area contributed by atoms with Gasteiger partial charge in [0.1, 0.15) is 5.82 Å². The molecule has 98 valence electrons. The molecule has 1 fully saturated rings. The van der Waals surface area contributed by atoms with Crippen molar-refractivity contribution in [1.29, 1.82) is 0 Å². The summed E-state index contributed by atoms with van der Waals surface area (Å²) in [6.45, 7) is 0. The van der Waals surface area contributed by atoms with Crippen LogP contribution in [0.3, 0.4) is 0 Å². The quantitative estimate of drug-likeness (QED) is 0.803. The molecular formula is C13H19N3O2. The molecule has 5 heteroatoms. The number of esters is 1. The Morgan fingerprint density at radius 2 is 2.17 bits per heavy atom. The molecule has 5 nitrogen and oxygen atoms in total. The van der Waals surface area contributed by atoms with Crippen LogP contribution in [-0.4, -0.2) is 24.1 Å². The number of nitrogens with two attached hydrogens (primary N) is 1. The summed E-state index contributed by atoms with van der Waals surface area (Å²) in [7, 11) is 1.34. The summed E-state index contributed by atoms with van der Waals surface area (Å²) in [6.07, 6.45) is 7.60. The van der Waals surface area contributed by atoms with Crippen molar-refractivity contribution < 1.29 is 9.53 Å². The fourth-order valence-electron chi connectivity index (χ4n) is 2.27. The molecular weight excluding hydrogens is 230 g/mol. The first-order chi connectivity index (χ1) is 8.70. The molecule has 1 aromatic rings. The molecule has 18 heavy (non-hydrogen) atoms. The van der Waals surface area contributed by atoms with E-state index in [0.29, 0.717) is 23.1 Å². The second kappa shape index (κ2) is 5.71. The SMILES string of the molecule is COC(=O)c1cnc(NC2CCCCC2)c(N)c1. The minimum absolute atomic E-state index is 0.379. The van der Waals surface area contributed by atoms with Crippen molar-refractivity contribution in [3.05, 3.63) is 17.8 Å². The number of carbonyl (C=O) groups excluding carboxylic acids is 1. The number of hydrogen-bond donors (Lipinski definition) is 2. The van der Waals surface area contributed by atoms with Gasteiger partial charge >= 0.3 is 5.97 Å². The monoisotopic (exact) mass is 249 g/mol. The molecule has 0 atom stereocenters. The molecule has 1 aliphatic rings. The van der Waals surface area contributed by atoms with Gasteiger partial charge in [0.2, 0.25) is 0 Å². The van der Waals surface area contributed by atoms with E-state index in [1.807, 2.05) is 0 Å². The number of rotatable bonds is 3. The number of methoxy groups -OCH3 is 1. The normalized spacial score (nSPS) is 16.3. The summed E-state index contributed by atoms with van der Waals surface area (Å²) in [4.78, 5) is 15.5. The third-order valence-electron chi connectivity index (χ3n) is 3.28. The summed E-state index contributed by atoms with van der Waals surface area (Å²) in [6, 6.07) is 2.04. The Morgan fingerprint density at radius 1 is 1.44 bits per heavy atom. The maximum atomic E-state index is 11.3. The fourth-order valence-corrected chi connectivity index (χ4v) is 2.27. The van der Waals surface area contributed by atoms with E-state index in [-0.39, 0.29) is 0 Å². The summed E-state index contributed by atoms with van der Waals surface area (Å²) in [5.74, 6) is 0.243. The highest BCUT2D eigenvalue weighted by atomic mass is 16.5. The number of nitrogens with zero attached hydrogens (tertiary/aromatic N) is 1. The maximum Gasteiger partial charge on any atom is 0.339 e. The van der Waals surface area contributed by atoms with E-state index in [1.54, 1.807) is 6.07 Å². The highest BCUT2D eigenvalue weighted by Crippen LogP contribution is 2.24. The first-order valence-electron chi connectivity index (χ1n) is 6.31. The number of ether oxygens (including phenoxy) is 1. The molecule has 3 N–H and O–H groups in total. The summed E-state index contributed by atoms with van der Waals surface area (Å²) >= 11 is 0. The standard InChI is InChI=1S/C13H19N3O2/c1-18-13(17)9-7-11(14)12(15-8-9)16-10-5-3-2-4-6-10/h7-8,10H,2-6,14H2,1H3,(H,15,16). The second-order valence-electron chi connectivity index (χ2n) is 4.63. The highest BCUT2D eigenvalue weighted by molar-refractivity contribution is 5.90. The second-order valence-corrected chi connectivity index (χ2v) is 4.63. The van der Waals surface area contributed by atoms with E-state index in [2.05, 4.69) is 15.0 Å². The third-order valence-corrected chi connectivity index (χ3v) is 3.28. The maximum absolute atomic E-state index is 11.3. The summed E-state index contributed by atoms with van der Waals surface area (Å²) in [5, 5.41) is 3.35. The zero-order valence-electron chi connectivity index (χ0n) is 10.6. The molecule has 0 aliphatic heterocycles. The van der Waals surface area contributed by atoms with Gasteiger partial charge in [-0.2, -0.15) is 0 Å². The number of nitrogen functional groups attached to an aromatic ring is 1. The number of hydrogen-bond acceptors (Lipinski definition) is 5. The number of anilines is 2. The van der Waals surface area contributed by atoms with Crippen molar-refractivity contribution in [2.75, 3.05) is 18.2 Å². The number of nitrogens with one attached hydrogen (secondary N) is 1. The van der Waals surface area contributed by atoms with Gasteiger partial charge in [-0.15, -0.1) is 0 Å². The molecule has 0 saturated heterocycles. The van der Waals surface area contributed by atoms with Crippen LogP contribution in [0, 0.1) is 0 Å². The van der Waals surface area contributed by atoms with E-state index in [4.69, 9.17) is 5.73 Å². The van der Waals surface area contributed by atoms with Crippen LogP contribution in [0.1, 0.15) is 42.5 Å². The molecule has 0 unspecified atom stereocenters. The molecule has 0 aromatic carbocycles. The van der Waals surface area contributed by atoms with Crippen molar-refractivity contribution in [2.24, 2.45) is 0 Å². The molecule has 2 rings (SSSR count). The average molecular weight is 249 g/mol. The Kier molecular flexibility index (Phi) is 4.02. The Labute approximate surface area is 107 Å². The van der Waals surface area contributed by atoms with Gasteiger partial charge in [0.05, 0.1) is 18.4 Å². The van der Waals surface area contributed by atoms with E-state index in [9.17, 15) is 4.79 Å². The highest BCUT2D eigenvalue weighted by Gasteiger charge is 2.15. The van der Waals surface area contributed by atoms with Gasteiger partial charge in [-0.05, 0) is 18.9 Å². The van der Waals surface area contributed by atoms with Crippen LogP contribution in [0.4, 0.5) is 11.5 Å². The van der Waals surface area contributed by atoms with Gasteiger partial charge in [-0.3, -0.25) is 0 Å². The first kappa shape index (κ1) is 12.7. The van der Waals surface area contributed by atoms with Crippen LogP contribution in [0.2, 0.25) is 0 Å². The molecule has 1 heterocycles. The number of carbonyl (C=O) groups is 1. The first-order valence-corrected chi connectivity index (χ1v) is 6.31. The number of pyridine rings is 1. The lowest BCUT2D eigenvalue weighted by atomic mass is 9.95. The van der Waals surface area contributed by atoms with Gasteiger partial charge < -0.3 is 15.8 Å². The van der Waals surface area contributed by atoms with Gasteiger partial charge in [-0.25, -0.2) is 9.78 Å². The zero-order valence-corrected chi connectivity index (χ0v) is 10.6. The van der Waals surface area contributed by atoms with Crippen molar-refractivity contribution in [1.82, 2.24) is 4.98 Å². The molecule has 0 amide bonds. The van der Waals surface area contributed by atoms with Crippen molar-refractivity contribution in [3.63, 3.8) is 0 Å².